The van der Waals surface area contributed by atoms with Crippen LogP contribution in [0.15, 0.2) is 39.7 Å². The Balaban J connectivity index is 1.70. The van der Waals surface area contributed by atoms with Gasteiger partial charge in [0.15, 0.2) is 0 Å². The van der Waals surface area contributed by atoms with E-state index < -0.39 is 15.9 Å². The molecule has 1 aliphatic rings. The Bertz CT molecular complexity index is 840. The first-order valence-electron chi connectivity index (χ1n) is 7.49. The van der Waals surface area contributed by atoms with Crippen molar-refractivity contribution in [2.24, 2.45) is 5.73 Å². The van der Waals surface area contributed by atoms with Crippen LogP contribution in [0.25, 0.3) is 0 Å². The molecule has 0 atom stereocenters. The highest BCUT2D eigenvalue weighted by Crippen LogP contribution is 2.30. The Kier molecular flexibility index (Phi) is 4.75. The van der Waals surface area contributed by atoms with Crippen molar-refractivity contribution in [2.45, 2.75) is 23.7 Å². The van der Waals surface area contributed by atoms with Gasteiger partial charge < -0.3 is 5.73 Å². The lowest BCUT2D eigenvalue weighted by atomic mass is 9.94. The third-order valence-corrected chi connectivity index (χ3v) is 6.64. The van der Waals surface area contributed by atoms with E-state index in [0.29, 0.717) is 30.8 Å². The molecule has 24 heavy (non-hydrogen) atoms. The van der Waals surface area contributed by atoms with Crippen molar-refractivity contribution < 1.29 is 13.2 Å². The van der Waals surface area contributed by atoms with E-state index in [4.69, 9.17) is 5.73 Å². The van der Waals surface area contributed by atoms with E-state index in [-0.39, 0.29) is 11.6 Å². The normalized spacial score (nSPS) is 17.0. The number of nitrogens with two attached hydrogens (primary N) is 1. The fourth-order valence-corrected chi connectivity index (χ4v) is 4.57. The smallest absolute Gasteiger partial charge is 0.269 e. The number of aromatic nitrogens is 2. The van der Waals surface area contributed by atoms with Gasteiger partial charge in [-0.3, -0.25) is 9.89 Å². The molecule has 0 radical (unpaired) electrons. The molecule has 0 spiro atoms. The van der Waals surface area contributed by atoms with Crippen LogP contribution in [-0.4, -0.2) is 41.9 Å². The fraction of sp³-hybridized carbons (Fsp3) is 0.333. The zero-order chi connectivity index (χ0) is 17.3. The van der Waals surface area contributed by atoms with Gasteiger partial charge in [-0.2, -0.15) is 9.40 Å². The van der Waals surface area contributed by atoms with E-state index in [1.807, 2.05) is 0 Å². The Morgan fingerprint density at radius 3 is 2.42 bits per heavy atom. The molecule has 2 heterocycles. The fourth-order valence-electron chi connectivity index (χ4n) is 2.83. The lowest BCUT2D eigenvalue weighted by molar-refractivity contribution is 0.0995. The Labute approximate surface area is 148 Å². The van der Waals surface area contributed by atoms with Gasteiger partial charge in [0.25, 0.3) is 5.91 Å². The second kappa shape index (κ2) is 6.66. The molecule has 7 nitrogen and oxygen atoms in total. The molecule has 0 bridgehead atoms. The highest BCUT2D eigenvalue weighted by atomic mass is 79.9. The molecule has 9 heteroatoms. The van der Waals surface area contributed by atoms with Crippen molar-refractivity contribution >= 4 is 31.9 Å². The molecule has 1 aromatic heterocycles. The van der Waals surface area contributed by atoms with Gasteiger partial charge in [-0.25, -0.2) is 8.42 Å². The first-order chi connectivity index (χ1) is 11.4. The number of hydrogen-bond donors (Lipinski definition) is 2. The van der Waals surface area contributed by atoms with E-state index in [0.717, 1.165) is 10.2 Å². The number of sulfonamides is 1. The molecule has 1 amide bonds. The summed E-state index contributed by atoms with van der Waals surface area (Å²) >= 11 is 3.30. The second-order valence-electron chi connectivity index (χ2n) is 5.71. The van der Waals surface area contributed by atoms with Crippen LogP contribution < -0.4 is 5.73 Å². The maximum atomic E-state index is 12.7. The molecule has 0 aliphatic carbocycles. The predicted octanol–water partition coefficient (Wildman–Crippen LogP) is 1.84. The maximum Gasteiger partial charge on any atom is 0.269 e. The lowest BCUT2D eigenvalue weighted by Crippen LogP contribution is -2.37. The largest absolute Gasteiger partial charge is 0.364 e. The summed E-state index contributed by atoms with van der Waals surface area (Å²) in [5, 5.41) is 6.70. The van der Waals surface area contributed by atoms with Gasteiger partial charge in [0.1, 0.15) is 5.69 Å². The highest BCUT2D eigenvalue weighted by molar-refractivity contribution is 9.10. The molecule has 0 unspecified atom stereocenters. The number of rotatable bonds is 4. The third kappa shape index (κ3) is 3.38. The number of carbonyl (C=O) groups is 1. The summed E-state index contributed by atoms with van der Waals surface area (Å²) in [6.45, 7) is 0.849. The zero-order valence-corrected chi connectivity index (χ0v) is 15.2. The third-order valence-electron chi connectivity index (χ3n) is 4.20. The summed E-state index contributed by atoms with van der Waals surface area (Å²) in [4.78, 5) is 11.4. The van der Waals surface area contributed by atoms with E-state index in [1.165, 1.54) is 4.31 Å². The van der Waals surface area contributed by atoms with Crippen LogP contribution in [0.4, 0.5) is 0 Å². The molecule has 128 valence electrons. The average Bonchev–Trinajstić information content (AvgIpc) is 3.06. The van der Waals surface area contributed by atoms with Crippen molar-refractivity contribution in [1.29, 1.82) is 0 Å². The molecule has 1 saturated heterocycles. The number of carbonyl (C=O) groups excluding carboxylic acids is 1. The van der Waals surface area contributed by atoms with Crippen LogP contribution in [0.3, 0.4) is 0 Å². The van der Waals surface area contributed by atoms with Gasteiger partial charge in [0.05, 0.1) is 4.90 Å². The van der Waals surface area contributed by atoms with E-state index in [9.17, 15) is 13.2 Å². The van der Waals surface area contributed by atoms with E-state index in [1.54, 1.807) is 30.3 Å². The standard InChI is InChI=1S/C15H17BrN4O3S/c16-11-1-3-12(4-2-11)24(22,23)20-7-5-10(6-8-20)13-9-14(15(17)21)19-18-13/h1-4,9-10H,5-8H2,(H2,17,21)(H,18,19). The molecule has 2 aromatic rings. The molecular weight excluding hydrogens is 396 g/mol. The van der Waals surface area contributed by atoms with Crippen LogP contribution in [0, 0.1) is 0 Å². The van der Waals surface area contributed by atoms with Gasteiger partial charge in [0.2, 0.25) is 10.0 Å². The number of halogens is 1. The summed E-state index contributed by atoms with van der Waals surface area (Å²) in [7, 11) is -3.48. The monoisotopic (exact) mass is 412 g/mol. The van der Waals surface area contributed by atoms with Gasteiger partial charge in [-0.15, -0.1) is 0 Å². The summed E-state index contributed by atoms with van der Waals surface area (Å²) < 4.78 is 27.7. The summed E-state index contributed by atoms with van der Waals surface area (Å²) in [5.41, 5.74) is 6.23. The summed E-state index contributed by atoms with van der Waals surface area (Å²) in [6, 6.07) is 8.27. The number of nitrogens with zero attached hydrogens (tertiary/aromatic N) is 2. The molecule has 1 fully saturated rings. The average molecular weight is 413 g/mol. The van der Waals surface area contributed by atoms with Gasteiger partial charge in [-0.1, -0.05) is 15.9 Å². The molecule has 1 aromatic carbocycles. The Morgan fingerprint density at radius 1 is 1.25 bits per heavy atom. The number of nitrogens with one attached hydrogen (secondary N) is 1. The lowest BCUT2D eigenvalue weighted by Gasteiger charge is -2.30. The van der Waals surface area contributed by atoms with E-state index in [2.05, 4.69) is 26.1 Å². The highest BCUT2D eigenvalue weighted by Gasteiger charge is 2.30. The number of benzene rings is 1. The predicted molar refractivity (Wildman–Crippen MR) is 92.0 cm³/mol. The molecule has 1 aliphatic heterocycles. The minimum absolute atomic E-state index is 0.141. The molecule has 3 N–H and O–H groups in total. The van der Waals surface area contributed by atoms with Gasteiger partial charge in [0, 0.05) is 29.2 Å². The number of aromatic amines is 1. The summed E-state index contributed by atoms with van der Waals surface area (Å²) in [5.74, 6) is -0.435. The van der Waals surface area contributed by atoms with Crippen LogP contribution in [0.2, 0.25) is 0 Å². The number of H-pyrrole nitrogens is 1. The molecule has 0 saturated carbocycles. The quantitative estimate of drug-likeness (QED) is 0.797. The number of piperidine rings is 1. The second-order valence-corrected chi connectivity index (χ2v) is 8.56. The Hall–Kier alpha value is -1.71. The zero-order valence-electron chi connectivity index (χ0n) is 12.8. The van der Waals surface area contributed by atoms with Crippen LogP contribution in [0.5, 0.6) is 0 Å². The molecular formula is C15H17BrN4O3S. The van der Waals surface area contributed by atoms with Crippen molar-refractivity contribution in [3.63, 3.8) is 0 Å². The van der Waals surface area contributed by atoms with E-state index >= 15 is 0 Å². The first-order valence-corrected chi connectivity index (χ1v) is 9.72. The van der Waals surface area contributed by atoms with Crippen molar-refractivity contribution in [2.75, 3.05) is 13.1 Å². The van der Waals surface area contributed by atoms with Crippen molar-refractivity contribution in [1.82, 2.24) is 14.5 Å². The maximum absolute atomic E-state index is 12.7. The minimum atomic E-state index is -3.48. The number of hydrogen-bond acceptors (Lipinski definition) is 4. The van der Waals surface area contributed by atoms with Crippen molar-refractivity contribution in [3.8, 4) is 0 Å². The number of primary amides is 1. The molecule has 3 rings (SSSR count). The Morgan fingerprint density at radius 2 is 1.88 bits per heavy atom. The summed E-state index contributed by atoms with van der Waals surface area (Å²) in [6.07, 6.45) is 1.33. The SMILES string of the molecule is NC(=O)c1cc(C2CCN(S(=O)(=O)c3ccc(Br)cc3)CC2)[nH]n1. The first kappa shape index (κ1) is 17.1. The van der Waals surface area contributed by atoms with Gasteiger partial charge >= 0.3 is 0 Å². The number of amides is 1. The minimum Gasteiger partial charge on any atom is -0.364 e. The van der Waals surface area contributed by atoms with Gasteiger partial charge in [-0.05, 0) is 43.2 Å². The van der Waals surface area contributed by atoms with Crippen molar-refractivity contribution in [3.05, 3.63) is 46.2 Å². The van der Waals surface area contributed by atoms with Crippen LogP contribution in [0.1, 0.15) is 34.9 Å². The topological polar surface area (TPSA) is 109 Å². The van der Waals surface area contributed by atoms with Crippen LogP contribution >= 0.6 is 15.9 Å². The van der Waals surface area contributed by atoms with Crippen LogP contribution in [-0.2, 0) is 10.0 Å².